The molecule has 0 bridgehead atoms. The number of hydrogen-bond donors (Lipinski definition) is 2. The van der Waals surface area contributed by atoms with Crippen LogP contribution in [0, 0.1) is 17.8 Å². The highest BCUT2D eigenvalue weighted by Gasteiger charge is 2.54. The van der Waals surface area contributed by atoms with Crippen LogP contribution in [-0.4, -0.2) is 11.0 Å². The van der Waals surface area contributed by atoms with Gasteiger partial charge in [0.05, 0.1) is 0 Å². The number of hydrogen-bond acceptors (Lipinski definition) is 2. The SMILES string of the molecule is N/C(=N\O)C1C2C=C(c3ccccc3)CC21. The Labute approximate surface area is 94.3 Å². The van der Waals surface area contributed by atoms with Crippen LogP contribution in [0.5, 0.6) is 0 Å². The van der Waals surface area contributed by atoms with Gasteiger partial charge in [0.25, 0.3) is 0 Å². The van der Waals surface area contributed by atoms with Crippen LogP contribution >= 0.6 is 0 Å². The molecule has 3 atom stereocenters. The number of benzene rings is 1. The molecular formula is C13H14N2O. The summed E-state index contributed by atoms with van der Waals surface area (Å²) < 4.78 is 0. The Hall–Kier alpha value is -1.77. The van der Waals surface area contributed by atoms with Gasteiger partial charge in [-0.3, -0.25) is 0 Å². The zero-order valence-corrected chi connectivity index (χ0v) is 8.88. The molecule has 3 unspecified atom stereocenters. The third-order valence-electron chi connectivity index (χ3n) is 3.68. The summed E-state index contributed by atoms with van der Waals surface area (Å²) in [4.78, 5) is 0. The fourth-order valence-corrected chi connectivity index (χ4v) is 2.79. The molecule has 3 rings (SSSR count). The van der Waals surface area contributed by atoms with Crippen LogP contribution in [0.2, 0.25) is 0 Å². The second-order valence-electron chi connectivity index (χ2n) is 4.55. The Kier molecular flexibility index (Phi) is 1.99. The molecule has 2 aliphatic rings. The minimum Gasteiger partial charge on any atom is -0.409 e. The van der Waals surface area contributed by atoms with Gasteiger partial charge in [-0.15, -0.1) is 0 Å². The summed E-state index contributed by atoms with van der Waals surface area (Å²) in [5.41, 5.74) is 8.32. The molecule has 0 saturated heterocycles. The molecule has 1 aromatic carbocycles. The molecule has 3 nitrogen and oxygen atoms in total. The highest BCUT2D eigenvalue weighted by molar-refractivity contribution is 5.88. The second kappa shape index (κ2) is 3.37. The summed E-state index contributed by atoms with van der Waals surface area (Å²) in [6.45, 7) is 0. The quantitative estimate of drug-likeness (QED) is 0.343. The molecule has 0 heterocycles. The van der Waals surface area contributed by atoms with Crippen molar-refractivity contribution in [2.24, 2.45) is 28.6 Å². The highest BCUT2D eigenvalue weighted by atomic mass is 16.4. The summed E-state index contributed by atoms with van der Waals surface area (Å²) >= 11 is 0. The van der Waals surface area contributed by atoms with Crippen molar-refractivity contribution in [1.82, 2.24) is 0 Å². The van der Waals surface area contributed by atoms with E-state index in [1.165, 1.54) is 11.1 Å². The van der Waals surface area contributed by atoms with Gasteiger partial charge in [0.1, 0.15) is 5.84 Å². The zero-order chi connectivity index (χ0) is 11.1. The number of nitrogens with two attached hydrogens (primary N) is 1. The second-order valence-corrected chi connectivity index (χ2v) is 4.55. The minimum absolute atomic E-state index is 0.275. The van der Waals surface area contributed by atoms with Crippen LogP contribution in [0.25, 0.3) is 5.57 Å². The molecule has 16 heavy (non-hydrogen) atoms. The largest absolute Gasteiger partial charge is 0.409 e. The van der Waals surface area contributed by atoms with E-state index < -0.39 is 0 Å². The van der Waals surface area contributed by atoms with Crippen molar-refractivity contribution < 1.29 is 5.21 Å². The molecule has 0 spiro atoms. The van der Waals surface area contributed by atoms with Crippen molar-refractivity contribution in [3.8, 4) is 0 Å². The van der Waals surface area contributed by atoms with Crippen molar-refractivity contribution in [2.45, 2.75) is 6.42 Å². The average Bonchev–Trinajstić information content (AvgIpc) is 2.84. The van der Waals surface area contributed by atoms with Gasteiger partial charge in [0.15, 0.2) is 0 Å². The number of fused-ring (bicyclic) bond motifs is 1. The van der Waals surface area contributed by atoms with Gasteiger partial charge in [-0.2, -0.15) is 0 Å². The van der Waals surface area contributed by atoms with Crippen LogP contribution in [0.3, 0.4) is 0 Å². The molecule has 2 aliphatic carbocycles. The molecule has 1 saturated carbocycles. The first-order valence-electron chi connectivity index (χ1n) is 5.55. The molecule has 0 radical (unpaired) electrons. The van der Waals surface area contributed by atoms with Crippen molar-refractivity contribution in [2.75, 3.05) is 0 Å². The summed E-state index contributed by atoms with van der Waals surface area (Å²) in [7, 11) is 0. The Bertz CT molecular complexity index is 464. The fourth-order valence-electron chi connectivity index (χ4n) is 2.79. The first-order chi connectivity index (χ1) is 7.81. The maximum Gasteiger partial charge on any atom is 0.143 e. The zero-order valence-electron chi connectivity index (χ0n) is 8.88. The number of allylic oxidation sites excluding steroid dienone is 2. The van der Waals surface area contributed by atoms with E-state index in [0.717, 1.165) is 6.42 Å². The molecular weight excluding hydrogens is 200 g/mol. The lowest BCUT2D eigenvalue weighted by atomic mass is 10.0. The van der Waals surface area contributed by atoms with E-state index in [4.69, 9.17) is 10.9 Å². The average molecular weight is 214 g/mol. The van der Waals surface area contributed by atoms with E-state index in [9.17, 15) is 0 Å². The van der Waals surface area contributed by atoms with Gasteiger partial charge in [-0.1, -0.05) is 41.6 Å². The first-order valence-corrected chi connectivity index (χ1v) is 5.55. The summed E-state index contributed by atoms with van der Waals surface area (Å²) in [6, 6.07) is 10.4. The molecule has 0 aromatic heterocycles. The number of amidine groups is 1. The van der Waals surface area contributed by atoms with Gasteiger partial charge in [-0.25, -0.2) is 0 Å². The Morgan fingerprint density at radius 2 is 2.06 bits per heavy atom. The molecule has 3 N–H and O–H groups in total. The van der Waals surface area contributed by atoms with Crippen molar-refractivity contribution in [1.29, 1.82) is 0 Å². The van der Waals surface area contributed by atoms with Gasteiger partial charge in [0, 0.05) is 5.92 Å². The summed E-state index contributed by atoms with van der Waals surface area (Å²) in [5, 5.41) is 11.7. The molecule has 1 aromatic rings. The van der Waals surface area contributed by atoms with Gasteiger partial charge < -0.3 is 10.9 Å². The smallest absolute Gasteiger partial charge is 0.143 e. The maximum atomic E-state index is 8.63. The normalized spacial score (nSPS) is 32.1. The van der Waals surface area contributed by atoms with Crippen molar-refractivity contribution in [3.05, 3.63) is 42.0 Å². The van der Waals surface area contributed by atoms with Crippen LogP contribution in [-0.2, 0) is 0 Å². The van der Waals surface area contributed by atoms with Crippen molar-refractivity contribution in [3.63, 3.8) is 0 Å². The Morgan fingerprint density at radius 3 is 2.62 bits per heavy atom. The predicted octanol–water partition coefficient (Wildman–Crippen LogP) is 2.08. The molecule has 82 valence electrons. The van der Waals surface area contributed by atoms with Crippen LogP contribution < -0.4 is 5.73 Å². The van der Waals surface area contributed by atoms with E-state index >= 15 is 0 Å². The van der Waals surface area contributed by atoms with Gasteiger partial charge in [-0.05, 0) is 29.4 Å². The Balaban J connectivity index is 1.79. The van der Waals surface area contributed by atoms with E-state index in [1.54, 1.807) is 0 Å². The number of rotatable bonds is 2. The van der Waals surface area contributed by atoms with Crippen LogP contribution in [0.15, 0.2) is 41.6 Å². The maximum absolute atomic E-state index is 8.63. The predicted molar refractivity (Wildman–Crippen MR) is 62.9 cm³/mol. The standard InChI is InChI=1S/C13H14N2O/c14-13(15-16)12-10-6-9(7-11(10)12)8-4-2-1-3-5-8/h1-6,10-12,16H,7H2,(H2,14,15). The third-order valence-corrected chi connectivity index (χ3v) is 3.68. The summed E-state index contributed by atoms with van der Waals surface area (Å²) in [5.74, 6) is 1.72. The van der Waals surface area contributed by atoms with Crippen LogP contribution in [0.1, 0.15) is 12.0 Å². The molecule has 3 heteroatoms. The molecule has 0 aliphatic heterocycles. The minimum atomic E-state index is 0.275. The third kappa shape index (κ3) is 1.32. The lowest BCUT2D eigenvalue weighted by molar-refractivity contribution is 0.316. The topological polar surface area (TPSA) is 58.6 Å². The fraction of sp³-hybridized carbons (Fsp3) is 0.308. The van der Waals surface area contributed by atoms with E-state index in [2.05, 4.69) is 35.5 Å². The first kappa shape index (κ1) is 9.46. The number of nitrogens with zero attached hydrogens (tertiary/aromatic N) is 1. The van der Waals surface area contributed by atoms with Gasteiger partial charge in [0.2, 0.25) is 0 Å². The summed E-state index contributed by atoms with van der Waals surface area (Å²) in [6.07, 6.45) is 3.33. The lowest BCUT2D eigenvalue weighted by Gasteiger charge is -2.05. The van der Waals surface area contributed by atoms with Crippen molar-refractivity contribution >= 4 is 11.4 Å². The molecule has 0 amide bonds. The van der Waals surface area contributed by atoms with E-state index in [1.807, 2.05) is 6.07 Å². The molecule has 1 fully saturated rings. The Morgan fingerprint density at radius 1 is 1.31 bits per heavy atom. The van der Waals surface area contributed by atoms with Crippen LogP contribution in [0.4, 0.5) is 0 Å². The highest BCUT2D eigenvalue weighted by Crippen LogP contribution is 2.58. The van der Waals surface area contributed by atoms with E-state index in [-0.39, 0.29) is 5.92 Å². The van der Waals surface area contributed by atoms with Gasteiger partial charge >= 0.3 is 0 Å². The number of oxime groups is 1. The monoisotopic (exact) mass is 214 g/mol. The van der Waals surface area contributed by atoms with E-state index in [0.29, 0.717) is 17.7 Å². The lowest BCUT2D eigenvalue weighted by Crippen LogP contribution is -2.16.